The standard InChI is InChI=1S/C14H28N2O2/c1-5-11(3)13(14(17)18-4)15-12-7-9-16(6-2)10-8-12/h11-13,15H,5-10H2,1-4H3. The van der Waals surface area contributed by atoms with Crippen molar-refractivity contribution in [1.29, 1.82) is 0 Å². The summed E-state index contributed by atoms with van der Waals surface area (Å²) in [7, 11) is 1.47. The van der Waals surface area contributed by atoms with Crippen molar-refractivity contribution < 1.29 is 9.53 Å². The number of piperidine rings is 1. The van der Waals surface area contributed by atoms with Gasteiger partial charge in [0.25, 0.3) is 0 Å². The minimum absolute atomic E-state index is 0.123. The molecule has 0 bridgehead atoms. The molecular weight excluding hydrogens is 228 g/mol. The van der Waals surface area contributed by atoms with Gasteiger partial charge >= 0.3 is 5.97 Å². The fourth-order valence-corrected chi connectivity index (χ4v) is 2.50. The maximum atomic E-state index is 11.8. The van der Waals surface area contributed by atoms with E-state index >= 15 is 0 Å². The molecule has 1 aliphatic heterocycles. The zero-order valence-electron chi connectivity index (χ0n) is 12.2. The van der Waals surface area contributed by atoms with Gasteiger partial charge in [-0.2, -0.15) is 0 Å². The second kappa shape index (κ2) is 7.74. The van der Waals surface area contributed by atoms with Gasteiger partial charge < -0.3 is 15.0 Å². The number of likely N-dealkylation sites (tertiary alicyclic amines) is 1. The lowest BCUT2D eigenvalue weighted by Crippen LogP contribution is -2.51. The van der Waals surface area contributed by atoms with Crippen molar-refractivity contribution in [1.82, 2.24) is 10.2 Å². The summed E-state index contributed by atoms with van der Waals surface area (Å²) in [6.07, 6.45) is 3.23. The van der Waals surface area contributed by atoms with Gasteiger partial charge in [-0.05, 0) is 38.4 Å². The van der Waals surface area contributed by atoms with Gasteiger partial charge in [-0.1, -0.05) is 27.2 Å². The molecule has 1 saturated heterocycles. The first-order valence-corrected chi connectivity index (χ1v) is 7.18. The van der Waals surface area contributed by atoms with E-state index in [9.17, 15) is 4.79 Å². The Balaban J connectivity index is 2.49. The molecule has 0 aromatic carbocycles. The summed E-state index contributed by atoms with van der Waals surface area (Å²) in [6.45, 7) is 9.80. The maximum absolute atomic E-state index is 11.8. The van der Waals surface area contributed by atoms with E-state index in [1.807, 2.05) is 0 Å². The molecule has 1 N–H and O–H groups in total. The van der Waals surface area contributed by atoms with Gasteiger partial charge in [-0.3, -0.25) is 4.79 Å². The van der Waals surface area contributed by atoms with Crippen LogP contribution in [0.25, 0.3) is 0 Å². The maximum Gasteiger partial charge on any atom is 0.323 e. The number of hydrogen-bond acceptors (Lipinski definition) is 4. The summed E-state index contributed by atoms with van der Waals surface area (Å²) < 4.78 is 4.91. The lowest BCUT2D eigenvalue weighted by molar-refractivity contribution is -0.145. The minimum Gasteiger partial charge on any atom is -0.468 e. The molecular formula is C14H28N2O2. The number of nitrogens with one attached hydrogen (secondary N) is 1. The van der Waals surface area contributed by atoms with Crippen molar-refractivity contribution in [3.63, 3.8) is 0 Å². The number of esters is 1. The zero-order chi connectivity index (χ0) is 13.5. The summed E-state index contributed by atoms with van der Waals surface area (Å²) in [5.74, 6) is 0.198. The van der Waals surface area contributed by atoms with Gasteiger partial charge in [0.1, 0.15) is 6.04 Å². The molecule has 4 nitrogen and oxygen atoms in total. The van der Waals surface area contributed by atoms with Crippen LogP contribution in [0, 0.1) is 5.92 Å². The van der Waals surface area contributed by atoms with Gasteiger partial charge in [0.05, 0.1) is 7.11 Å². The molecule has 1 rings (SSSR count). The highest BCUT2D eigenvalue weighted by Crippen LogP contribution is 2.15. The zero-order valence-corrected chi connectivity index (χ0v) is 12.2. The number of ether oxygens (including phenoxy) is 1. The van der Waals surface area contributed by atoms with Crippen molar-refractivity contribution >= 4 is 5.97 Å². The van der Waals surface area contributed by atoms with Crippen LogP contribution in [0.1, 0.15) is 40.0 Å². The first-order valence-electron chi connectivity index (χ1n) is 7.18. The molecule has 4 heteroatoms. The topological polar surface area (TPSA) is 41.6 Å². The van der Waals surface area contributed by atoms with E-state index in [2.05, 4.69) is 31.0 Å². The van der Waals surface area contributed by atoms with Crippen LogP contribution in [0.5, 0.6) is 0 Å². The lowest BCUT2D eigenvalue weighted by atomic mass is 9.96. The van der Waals surface area contributed by atoms with Gasteiger partial charge in [0.2, 0.25) is 0 Å². The predicted octanol–water partition coefficient (Wildman–Crippen LogP) is 1.65. The lowest BCUT2D eigenvalue weighted by Gasteiger charge is -2.34. The Hall–Kier alpha value is -0.610. The Labute approximate surface area is 111 Å². The highest BCUT2D eigenvalue weighted by Gasteiger charge is 2.28. The summed E-state index contributed by atoms with van der Waals surface area (Å²) >= 11 is 0. The smallest absolute Gasteiger partial charge is 0.323 e. The number of nitrogens with zero attached hydrogens (tertiary/aromatic N) is 1. The van der Waals surface area contributed by atoms with Crippen LogP contribution in [0.3, 0.4) is 0 Å². The Morgan fingerprint density at radius 1 is 1.39 bits per heavy atom. The molecule has 0 aromatic rings. The predicted molar refractivity (Wildman–Crippen MR) is 73.5 cm³/mol. The third kappa shape index (κ3) is 4.25. The Bertz CT molecular complexity index is 250. The van der Waals surface area contributed by atoms with Crippen LogP contribution >= 0.6 is 0 Å². The molecule has 0 amide bonds. The Morgan fingerprint density at radius 3 is 2.44 bits per heavy atom. The monoisotopic (exact) mass is 256 g/mol. The normalized spacial score (nSPS) is 21.6. The molecule has 1 heterocycles. The molecule has 2 atom stereocenters. The second-order valence-corrected chi connectivity index (χ2v) is 5.26. The molecule has 1 aliphatic rings. The molecule has 0 radical (unpaired) electrons. The van der Waals surface area contributed by atoms with E-state index < -0.39 is 0 Å². The van der Waals surface area contributed by atoms with Gasteiger partial charge in [0, 0.05) is 6.04 Å². The van der Waals surface area contributed by atoms with Gasteiger partial charge in [-0.15, -0.1) is 0 Å². The van der Waals surface area contributed by atoms with Crippen LogP contribution in [0.4, 0.5) is 0 Å². The average molecular weight is 256 g/mol. The van der Waals surface area contributed by atoms with Crippen LogP contribution < -0.4 is 5.32 Å². The van der Waals surface area contributed by atoms with E-state index in [0.29, 0.717) is 12.0 Å². The quantitative estimate of drug-likeness (QED) is 0.734. The van der Waals surface area contributed by atoms with Crippen LogP contribution in [0.15, 0.2) is 0 Å². The van der Waals surface area contributed by atoms with Crippen molar-refractivity contribution in [3.8, 4) is 0 Å². The minimum atomic E-state index is -0.154. The summed E-state index contributed by atoms with van der Waals surface area (Å²) in [5, 5.41) is 3.50. The van der Waals surface area contributed by atoms with Crippen LogP contribution in [-0.2, 0) is 9.53 Å². The fourth-order valence-electron chi connectivity index (χ4n) is 2.50. The van der Waals surface area contributed by atoms with E-state index in [4.69, 9.17) is 4.74 Å². The van der Waals surface area contributed by atoms with E-state index in [-0.39, 0.29) is 12.0 Å². The van der Waals surface area contributed by atoms with E-state index in [1.54, 1.807) is 0 Å². The van der Waals surface area contributed by atoms with Gasteiger partial charge in [-0.25, -0.2) is 0 Å². The molecule has 0 saturated carbocycles. The Morgan fingerprint density at radius 2 is 2.00 bits per heavy atom. The van der Waals surface area contributed by atoms with Gasteiger partial charge in [0.15, 0.2) is 0 Å². The molecule has 18 heavy (non-hydrogen) atoms. The SMILES string of the molecule is CCC(C)C(NC1CCN(CC)CC1)C(=O)OC. The van der Waals surface area contributed by atoms with Crippen molar-refractivity contribution in [2.75, 3.05) is 26.7 Å². The molecule has 0 aromatic heterocycles. The van der Waals surface area contributed by atoms with E-state index in [1.165, 1.54) is 7.11 Å². The first-order chi connectivity index (χ1) is 8.62. The number of rotatable bonds is 6. The molecule has 2 unspecified atom stereocenters. The van der Waals surface area contributed by atoms with Crippen LogP contribution in [0.2, 0.25) is 0 Å². The van der Waals surface area contributed by atoms with Crippen molar-refractivity contribution in [3.05, 3.63) is 0 Å². The number of methoxy groups -OCH3 is 1. The molecule has 0 aliphatic carbocycles. The average Bonchev–Trinajstić information content (AvgIpc) is 2.43. The second-order valence-electron chi connectivity index (χ2n) is 5.26. The molecule has 0 spiro atoms. The van der Waals surface area contributed by atoms with E-state index in [0.717, 1.165) is 38.9 Å². The number of hydrogen-bond donors (Lipinski definition) is 1. The first kappa shape index (κ1) is 15.4. The fraction of sp³-hybridized carbons (Fsp3) is 0.929. The highest BCUT2D eigenvalue weighted by molar-refractivity contribution is 5.76. The highest BCUT2D eigenvalue weighted by atomic mass is 16.5. The Kier molecular flexibility index (Phi) is 6.65. The largest absolute Gasteiger partial charge is 0.468 e. The summed E-state index contributed by atoms with van der Waals surface area (Å²) in [4.78, 5) is 14.3. The summed E-state index contributed by atoms with van der Waals surface area (Å²) in [6, 6.07) is 0.295. The molecule has 1 fully saturated rings. The summed E-state index contributed by atoms with van der Waals surface area (Å²) in [5.41, 5.74) is 0. The molecule has 106 valence electrons. The third-order valence-electron chi connectivity index (χ3n) is 4.12. The third-order valence-corrected chi connectivity index (χ3v) is 4.12. The van der Waals surface area contributed by atoms with Crippen molar-refractivity contribution in [2.45, 2.75) is 52.1 Å². The van der Waals surface area contributed by atoms with Crippen molar-refractivity contribution in [2.24, 2.45) is 5.92 Å². The number of carbonyl (C=O) groups is 1. The number of carbonyl (C=O) groups excluding carboxylic acids is 1. The van der Waals surface area contributed by atoms with Crippen LogP contribution in [-0.4, -0.2) is 49.7 Å².